The van der Waals surface area contributed by atoms with Crippen LogP contribution in [0, 0.1) is 6.92 Å². The first-order valence-corrected chi connectivity index (χ1v) is 9.62. The van der Waals surface area contributed by atoms with Gasteiger partial charge in [0.15, 0.2) is 0 Å². The highest BCUT2D eigenvalue weighted by Crippen LogP contribution is 2.29. The topological polar surface area (TPSA) is 76.1 Å². The standard InChI is InChI=1S/C24H21NO5/c1-16-6-2-5-9-22(16)30-15-18(26)14-29-19-12-10-17(11-13-19)25-23(27)20-7-3-4-8-21(20)24(25)28/h2-13,18,26H,14-15H2,1H3. The lowest BCUT2D eigenvalue weighted by molar-refractivity contribution is 0.0624. The average Bonchev–Trinajstić information content (AvgIpc) is 3.02. The van der Waals surface area contributed by atoms with Crippen LogP contribution >= 0.6 is 0 Å². The van der Waals surface area contributed by atoms with Gasteiger partial charge in [0.1, 0.15) is 30.8 Å². The van der Waals surface area contributed by atoms with Gasteiger partial charge in [0.05, 0.1) is 16.8 Å². The molecule has 1 aliphatic rings. The predicted molar refractivity (Wildman–Crippen MR) is 112 cm³/mol. The second-order valence-electron chi connectivity index (χ2n) is 7.03. The quantitative estimate of drug-likeness (QED) is 0.610. The van der Waals surface area contributed by atoms with Crippen LogP contribution in [0.5, 0.6) is 11.5 Å². The molecule has 2 amide bonds. The Kier molecular flexibility index (Phi) is 5.50. The first-order valence-electron chi connectivity index (χ1n) is 9.62. The van der Waals surface area contributed by atoms with Crippen molar-refractivity contribution >= 4 is 17.5 Å². The lowest BCUT2D eigenvalue weighted by atomic mass is 10.1. The van der Waals surface area contributed by atoms with Gasteiger partial charge >= 0.3 is 0 Å². The summed E-state index contributed by atoms with van der Waals surface area (Å²) >= 11 is 0. The fourth-order valence-electron chi connectivity index (χ4n) is 3.26. The summed E-state index contributed by atoms with van der Waals surface area (Å²) in [6.07, 6.45) is -0.805. The van der Waals surface area contributed by atoms with Crippen molar-refractivity contribution in [3.63, 3.8) is 0 Å². The number of rotatable bonds is 7. The predicted octanol–water partition coefficient (Wildman–Crippen LogP) is 3.61. The van der Waals surface area contributed by atoms with Crippen LogP contribution in [-0.2, 0) is 0 Å². The third-order valence-electron chi connectivity index (χ3n) is 4.86. The number of aliphatic hydroxyl groups excluding tert-OH is 1. The molecular formula is C24H21NO5. The maximum Gasteiger partial charge on any atom is 0.266 e. The number of hydrogen-bond donors (Lipinski definition) is 1. The zero-order valence-electron chi connectivity index (χ0n) is 16.4. The molecule has 3 aromatic rings. The van der Waals surface area contributed by atoms with Crippen molar-refractivity contribution in [1.29, 1.82) is 0 Å². The van der Waals surface area contributed by atoms with Gasteiger partial charge in [-0.2, -0.15) is 0 Å². The lowest BCUT2D eigenvalue weighted by Gasteiger charge is -2.16. The Morgan fingerprint density at radius 1 is 0.800 bits per heavy atom. The van der Waals surface area contributed by atoms with Gasteiger partial charge in [-0.1, -0.05) is 30.3 Å². The van der Waals surface area contributed by atoms with Crippen molar-refractivity contribution in [1.82, 2.24) is 0 Å². The summed E-state index contributed by atoms with van der Waals surface area (Å²) in [5, 5.41) is 10.1. The Bertz CT molecular complexity index is 1040. The molecule has 1 N–H and O–H groups in total. The van der Waals surface area contributed by atoms with E-state index in [-0.39, 0.29) is 25.0 Å². The molecule has 0 saturated carbocycles. The molecule has 0 aliphatic carbocycles. The molecule has 0 bridgehead atoms. The number of nitrogens with zero attached hydrogens (tertiary/aromatic N) is 1. The summed E-state index contributed by atoms with van der Waals surface area (Å²) in [7, 11) is 0. The van der Waals surface area contributed by atoms with E-state index in [2.05, 4.69) is 0 Å². The molecule has 1 unspecified atom stereocenters. The Labute approximate surface area is 174 Å². The maximum absolute atomic E-state index is 12.5. The van der Waals surface area contributed by atoms with Crippen LogP contribution in [0.4, 0.5) is 5.69 Å². The van der Waals surface area contributed by atoms with E-state index in [1.54, 1.807) is 48.5 Å². The minimum Gasteiger partial charge on any atom is -0.491 e. The van der Waals surface area contributed by atoms with Crippen LogP contribution in [0.15, 0.2) is 72.8 Å². The van der Waals surface area contributed by atoms with E-state index in [0.717, 1.165) is 16.2 Å². The SMILES string of the molecule is Cc1ccccc1OCC(O)COc1ccc(N2C(=O)c3ccccc3C2=O)cc1. The third-order valence-corrected chi connectivity index (χ3v) is 4.86. The van der Waals surface area contributed by atoms with Crippen molar-refractivity contribution in [2.75, 3.05) is 18.1 Å². The molecule has 0 aromatic heterocycles. The Balaban J connectivity index is 1.34. The molecule has 152 valence electrons. The molecule has 0 saturated heterocycles. The summed E-state index contributed by atoms with van der Waals surface area (Å²) in [5.41, 5.74) is 2.27. The minimum atomic E-state index is -0.805. The van der Waals surface area contributed by atoms with E-state index in [0.29, 0.717) is 22.6 Å². The molecule has 0 radical (unpaired) electrons. The maximum atomic E-state index is 12.5. The Morgan fingerprint density at radius 2 is 1.37 bits per heavy atom. The van der Waals surface area contributed by atoms with E-state index < -0.39 is 6.10 Å². The highest BCUT2D eigenvalue weighted by molar-refractivity contribution is 6.34. The number of benzene rings is 3. The molecule has 30 heavy (non-hydrogen) atoms. The van der Waals surface area contributed by atoms with Crippen LogP contribution in [0.1, 0.15) is 26.3 Å². The fourth-order valence-corrected chi connectivity index (χ4v) is 3.26. The number of anilines is 1. The summed E-state index contributed by atoms with van der Waals surface area (Å²) in [4.78, 5) is 26.2. The van der Waals surface area contributed by atoms with Gasteiger partial charge < -0.3 is 14.6 Å². The molecule has 1 atom stereocenters. The number of carbonyl (C=O) groups excluding carboxylic acids is 2. The molecule has 3 aromatic carbocycles. The number of fused-ring (bicyclic) bond motifs is 1. The van der Waals surface area contributed by atoms with Gasteiger partial charge in [-0.15, -0.1) is 0 Å². The zero-order chi connectivity index (χ0) is 21.1. The van der Waals surface area contributed by atoms with Gasteiger partial charge in [0, 0.05) is 0 Å². The molecule has 1 aliphatic heterocycles. The van der Waals surface area contributed by atoms with Crippen LogP contribution in [0.3, 0.4) is 0 Å². The molecule has 0 fully saturated rings. The van der Waals surface area contributed by atoms with Gasteiger partial charge in [0.2, 0.25) is 0 Å². The molecule has 6 nitrogen and oxygen atoms in total. The number of aliphatic hydroxyl groups is 1. The molecular weight excluding hydrogens is 382 g/mol. The number of ether oxygens (including phenoxy) is 2. The smallest absolute Gasteiger partial charge is 0.266 e. The van der Waals surface area contributed by atoms with Crippen molar-refractivity contribution < 1.29 is 24.2 Å². The van der Waals surface area contributed by atoms with Gasteiger partial charge in [-0.3, -0.25) is 9.59 Å². The molecule has 0 spiro atoms. The van der Waals surface area contributed by atoms with Gasteiger partial charge in [-0.05, 0) is 55.0 Å². The number of hydrogen-bond acceptors (Lipinski definition) is 5. The fraction of sp³-hybridized carbons (Fsp3) is 0.167. The van der Waals surface area contributed by atoms with E-state index >= 15 is 0 Å². The molecule has 4 rings (SSSR count). The van der Waals surface area contributed by atoms with Gasteiger partial charge in [-0.25, -0.2) is 4.90 Å². The molecule has 1 heterocycles. The van der Waals surface area contributed by atoms with Crippen LogP contribution in [0.2, 0.25) is 0 Å². The van der Waals surface area contributed by atoms with Gasteiger partial charge in [0.25, 0.3) is 11.8 Å². The van der Waals surface area contributed by atoms with Crippen molar-refractivity contribution in [2.45, 2.75) is 13.0 Å². The largest absolute Gasteiger partial charge is 0.491 e. The number of para-hydroxylation sites is 1. The van der Waals surface area contributed by atoms with E-state index in [1.165, 1.54) is 0 Å². The monoisotopic (exact) mass is 403 g/mol. The highest BCUT2D eigenvalue weighted by Gasteiger charge is 2.36. The normalized spacial score (nSPS) is 13.9. The van der Waals surface area contributed by atoms with E-state index in [4.69, 9.17) is 9.47 Å². The number of imide groups is 1. The Hall–Kier alpha value is -3.64. The van der Waals surface area contributed by atoms with Crippen LogP contribution in [0.25, 0.3) is 0 Å². The second kappa shape index (κ2) is 8.39. The van der Waals surface area contributed by atoms with Crippen LogP contribution in [-0.4, -0.2) is 36.2 Å². The number of aryl methyl sites for hydroxylation is 1. The first kappa shape index (κ1) is 19.7. The number of carbonyl (C=O) groups is 2. The van der Waals surface area contributed by atoms with E-state index in [1.807, 2.05) is 31.2 Å². The summed E-state index contributed by atoms with van der Waals surface area (Å²) < 4.78 is 11.2. The highest BCUT2D eigenvalue weighted by atomic mass is 16.5. The summed E-state index contributed by atoms with van der Waals surface area (Å²) in [6, 6.07) is 21.0. The molecule has 6 heteroatoms. The van der Waals surface area contributed by atoms with Crippen molar-refractivity contribution in [2.24, 2.45) is 0 Å². The minimum absolute atomic E-state index is 0.0538. The third kappa shape index (κ3) is 3.90. The Morgan fingerprint density at radius 3 is 2.00 bits per heavy atom. The lowest BCUT2D eigenvalue weighted by Crippen LogP contribution is -2.29. The summed E-state index contributed by atoms with van der Waals surface area (Å²) in [6.45, 7) is 2.10. The van der Waals surface area contributed by atoms with E-state index in [9.17, 15) is 14.7 Å². The van der Waals surface area contributed by atoms with Crippen molar-refractivity contribution in [3.05, 3.63) is 89.5 Å². The first-order chi connectivity index (χ1) is 14.5. The van der Waals surface area contributed by atoms with Crippen molar-refractivity contribution in [3.8, 4) is 11.5 Å². The van der Waals surface area contributed by atoms with Crippen LogP contribution < -0.4 is 14.4 Å². The zero-order valence-corrected chi connectivity index (χ0v) is 16.4. The number of amides is 2. The second-order valence-corrected chi connectivity index (χ2v) is 7.03. The summed E-state index contributed by atoms with van der Waals surface area (Å²) in [5.74, 6) is 0.563. The average molecular weight is 403 g/mol.